The first-order chi connectivity index (χ1) is 9.59. The highest BCUT2D eigenvalue weighted by molar-refractivity contribution is 7.90. The molecule has 7 nitrogen and oxygen atoms in total. The van der Waals surface area contributed by atoms with Crippen LogP contribution >= 0.6 is 0 Å². The number of carbonyl (C=O) groups is 1. The fourth-order valence-corrected chi connectivity index (χ4v) is 2.60. The molecule has 0 unspecified atom stereocenters. The number of nitrogens with zero attached hydrogens (tertiary/aromatic N) is 2. The van der Waals surface area contributed by atoms with Crippen LogP contribution in [0, 0.1) is 0 Å². The van der Waals surface area contributed by atoms with Crippen molar-refractivity contribution in [3.8, 4) is 0 Å². The summed E-state index contributed by atoms with van der Waals surface area (Å²) in [5.41, 5.74) is 5.75. The minimum atomic E-state index is -3.54. The molecule has 0 aliphatic heterocycles. The van der Waals surface area contributed by atoms with Crippen LogP contribution < -0.4 is 11.1 Å². The van der Waals surface area contributed by atoms with E-state index in [2.05, 4.69) is 10.3 Å². The summed E-state index contributed by atoms with van der Waals surface area (Å²) in [5.74, 6) is -0.452. The van der Waals surface area contributed by atoms with E-state index in [0.717, 1.165) is 6.26 Å². The van der Waals surface area contributed by atoms with Crippen molar-refractivity contribution in [1.29, 1.82) is 0 Å². The van der Waals surface area contributed by atoms with Gasteiger partial charge >= 0.3 is 0 Å². The number of sulfone groups is 1. The van der Waals surface area contributed by atoms with Crippen LogP contribution in [0.3, 0.4) is 0 Å². The van der Waals surface area contributed by atoms with Crippen molar-refractivity contribution in [2.75, 3.05) is 12.8 Å². The number of pyridine rings is 1. The molecule has 2 aromatic heterocycles. The molecule has 0 aliphatic carbocycles. The first-order valence-electron chi connectivity index (χ1n) is 6.34. The zero-order valence-corrected chi connectivity index (χ0v) is 12.9. The average Bonchev–Trinajstić information content (AvgIpc) is 2.74. The fraction of sp³-hybridized carbons (Fsp3) is 0.385. The Morgan fingerprint density at radius 3 is 2.67 bits per heavy atom. The Bertz CT molecular complexity index is 787. The predicted octanol–water partition coefficient (Wildman–Crippen LogP) is 0.205. The van der Waals surface area contributed by atoms with Crippen LogP contribution in [-0.2, 0) is 9.84 Å². The molecule has 0 saturated heterocycles. The Kier molecular flexibility index (Phi) is 3.77. The summed E-state index contributed by atoms with van der Waals surface area (Å²) in [5, 5.41) is 2.50. The number of imidazole rings is 1. The highest BCUT2D eigenvalue weighted by atomic mass is 32.2. The van der Waals surface area contributed by atoms with E-state index in [1.807, 2.05) is 0 Å². The van der Waals surface area contributed by atoms with Gasteiger partial charge in [0.25, 0.3) is 5.91 Å². The van der Waals surface area contributed by atoms with Gasteiger partial charge in [-0.1, -0.05) is 6.07 Å². The van der Waals surface area contributed by atoms with Gasteiger partial charge in [-0.2, -0.15) is 0 Å². The van der Waals surface area contributed by atoms with Crippen LogP contribution in [0.15, 0.2) is 29.6 Å². The van der Waals surface area contributed by atoms with Crippen LogP contribution in [0.1, 0.15) is 24.3 Å². The number of nitrogens with two attached hydrogens (primary N) is 1. The van der Waals surface area contributed by atoms with Gasteiger partial charge in [-0.05, 0) is 26.0 Å². The van der Waals surface area contributed by atoms with E-state index in [1.165, 1.54) is 4.40 Å². The van der Waals surface area contributed by atoms with E-state index in [4.69, 9.17) is 5.73 Å². The minimum Gasteiger partial charge on any atom is -0.349 e. The van der Waals surface area contributed by atoms with Gasteiger partial charge in [0, 0.05) is 24.5 Å². The maximum atomic E-state index is 12.2. The van der Waals surface area contributed by atoms with Gasteiger partial charge in [0.15, 0.2) is 5.69 Å². The van der Waals surface area contributed by atoms with Gasteiger partial charge in [-0.3, -0.25) is 9.20 Å². The lowest BCUT2D eigenvalue weighted by Gasteiger charge is -2.18. The number of hydrogen-bond donors (Lipinski definition) is 2. The van der Waals surface area contributed by atoms with Crippen molar-refractivity contribution in [2.45, 2.75) is 24.5 Å². The molecule has 0 aliphatic rings. The van der Waals surface area contributed by atoms with Crippen LogP contribution in [0.25, 0.3) is 5.52 Å². The first-order valence-corrected chi connectivity index (χ1v) is 8.23. The molecule has 21 heavy (non-hydrogen) atoms. The maximum Gasteiger partial charge on any atom is 0.272 e. The monoisotopic (exact) mass is 310 g/mol. The molecule has 2 aromatic rings. The van der Waals surface area contributed by atoms with Gasteiger partial charge < -0.3 is 11.1 Å². The van der Waals surface area contributed by atoms with Crippen molar-refractivity contribution >= 4 is 21.3 Å². The standard InChI is InChI=1S/C13H18N4O3S/c1-13(2,14)8-15-11(18)10-9-6-4-5-7-17(9)12(16-10)21(3,19)20/h4-7H,8,14H2,1-3H3,(H,15,18). The number of hydrogen-bond acceptors (Lipinski definition) is 5. The van der Waals surface area contributed by atoms with E-state index < -0.39 is 21.3 Å². The van der Waals surface area contributed by atoms with Crippen molar-refractivity contribution in [1.82, 2.24) is 14.7 Å². The Labute approximate surface area is 123 Å². The number of nitrogens with one attached hydrogen (secondary N) is 1. The molecule has 114 valence electrons. The number of amides is 1. The van der Waals surface area contributed by atoms with E-state index >= 15 is 0 Å². The average molecular weight is 310 g/mol. The lowest BCUT2D eigenvalue weighted by Crippen LogP contribution is -2.45. The van der Waals surface area contributed by atoms with E-state index in [0.29, 0.717) is 5.52 Å². The number of fused-ring (bicyclic) bond motifs is 1. The summed E-state index contributed by atoms with van der Waals surface area (Å²) in [7, 11) is -3.54. The fourth-order valence-electron chi connectivity index (χ4n) is 1.83. The zero-order valence-electron chi connectivity index (χ0n) is 12.1. The summed E-state index contributed by atoms with van der Waals surface area (Å²) in [6, 6.07) is 5.03. The third kappa shape index (κ3) is 3.40. The van der Waals surface area contributed by atoms with Crippen molar-refractivity contribution in [2.24, 2.45) is 5.73 Å². The SMILES string of the molecule is CC(C)(N)CNC(=O)c1nc(S(C)(=O)=O)n2ccccc12. The second-order valence-corrected chi connectivity index (χ2v) is 7.55. The van der Waals surface area contributed by atoms with Crippen LogP contribution in [-0.4, -0.2) is 42.0 Å². The van der Waals surface area contributed by atoms with Crippen LogP contribution in [0.5, 0.6) is 0 Å². The molecule has 0 spiro atoms. The zero-order chi connectivity index (χ0) is 15.8. The molecule has 0 radical (unpaired) electrons. The Balaban J connectivity index is 2.48. The van der Waals surface area contributed by atoms with Crippen LogP contribution in [0.2, 0.25) is 0 Å². The third-order valence-electron chi connectivity index (χ3n) is 2.77. The molecule has 1 amide bonds. The highest BCUT2D eigenvalue weighted by Crippen LogP contribution is 2.16. The molecule has 0 aromatic carbocycles. The van der Waals surface area contributed by atoms with Gasteiger partial charge in [-0.15, -0.1) is 0 Å². The Morgan fingerprint density at radius 2 is 2.10 bits per heavy atom. The molecule has 0 saturated carbocycles. The Morgan fingerprint density at radius 1 is 1.43 bits per heavy atom. The number of carbonyl (C=O) groups excluding carboxylic acids is 1. The molecule has 0 atom stereocenters. The normalized spacial score (nSPS) is 12.6. The molecule has 0 fully saturated rings. The van der Waals surface area contributed by atoms with Gasteiger partial charge in [0.2, 0.25) is 15.0 Å². The van der Waals surface area contributed by atoms with Gasteiger partial charge in [-0.25, -0.2) is 13.4 Å². The van der Waals surface area contributed by atoms with E-state index in [9.17, 15) is 13.2 Å². The van der Waals surface area contributed by atoms with Gasteiger partial charge in [0.05, 0.1) is 5.52 Å². The molecule has 0 bridgehead atoms. The van der Waals surface area contributed by atoms with Crippen molar-refractivity contribution in [3.63, 3.8) is 0 Å². The topological polar surface area (TPSA) is 107 Å². The molecule has 2 rings (SSSR count). The minimum absolute atomic E-state index is 0.0697. The van der Waals surface area contributed by atoms with Crippen LogP contribution in [0.4, 0.5) is 0 Å². The third-order valence-corrected chi connectivity index (χ3v) is 3.72. The molecule has 2 heterocycles. The summed E-state index contributed by atoms with van der Waals surface area (Å²) in [6.07, 6.45) is 2.61. The maximum absolute atomic E-state index is 12.2. The van der Waals surface area contributed by atoms with Crippen molar-refractivity contribution < 1.29 is 13.2 Å². The summed E-state index contributed by atoms with van der Waals surface area (Å²) < 4.78 is 24.9. The lowest BCUT2D eigenvalue weighted by molar-refractivity contribution is 0.0943. The summed E-state index contributed by atoms with van der Waals surface area (Å²) in [6.45, 7) is 3.81. The van der Waals surface area contributed by atoms with E-state index in [-0.39, 0.29) is 17.4 Å². The van der Waals surface area contributed by atoms with E-state index in [1.54, 1.807) is 38.2 Å². The molecule has 8 heteroatoms. The smallest absolute Gasteiger partial charge is 0.272 e. The molecular formula is C13H18N4O3S. The molecular weight excluding hydrogens is 292 g/mol. The quantitative estimate of drug-likeness (QED) is 0.839. The Hall–Kier alpha value is -1.93. The number of rotatable bonds is 4. The number of aromatic nitrogens is 2. The first kappa shape index (κ1) is 15.5. The second kappa shape index (κ2) is 5.12. The summed E-state index contributed by atoms with van der Waals surface area (Å²) in [4.78, 5) is 16.2. The highest BCUT2D eigenvalue weighted by Gasteiger charge is 2.23. The predicted molar refractivity (Wildman–Crippen MR) is 78.9 cm³/mol. The largest absolute Gasteiger partial charge is 0.349 e. The van der Waals surface area contributed by atoms with Crippen molar-refractivity contribution in [3.05, 3.63) is 30.1 Å². The summed E-state index contributed by atoms with van der Waals surface area (Å²) >= 11 is 0. The lowest BCUT2D eigenvalue weighted by atomic mass is 10.1. The second-order valence-electron chi connectivity index (χ2n) is 5.64. The molecule has 3 N–H and O–H groups in total. The van der Waals surface area contributed by atoms with Gasteiger partial charge in [0.1, 0.15) is 0 Å².